The molecule has 1 saturated heterocycles. The minimum atomic E-state index is -0.918. The Morgan fingerprint density at radius 1 is 1.57 bits per heavy atom. The van der Waals surface area contributed by atoms with Crippen LogP contribution in [0.2, 0.25) is 0 Å². The minimum Gasteiger partial charge on any atom is -0.481 e. The number of esters is 1. The number of hydrogen-bond acceptors (Lipinski definition) is 3. The van der Waals surface area contributed by atoms with Gasteiger partial charge in [0.25, 0.3) is 0 Å². The molecule has 1 aliphatic heterocycles. The fraction of sp³-hybridized carbons (Fsp3) is 0.800. The summed E-state index contributed by atoms with van der Waals surface area (Å²) in [4.78, 5) is 21.6. The monoisotopic (exact) mass is 200 g/mol. The van der Waals surface area contributed by atoms with Crippen molar-refractivity contribution in [3.8, 4) is 0 Å². The van der Waals surface area contributed by atoms with Gasteiger partial charge in [-0.2, -0.15) is 0 Å². The number of hydrogen-bond donors (Lipinski definition) is 1. The molecule has 0 bridgehead atoms. The summed E-state index contributed by atoms with van der Waals surface area (Å²) in [5.41, 5.74) is -0.0910. The molecule has 0 aliphatic carbocycles. The Morgan fingerprint density at radius 3 is 2.57 bits per heavy atom. The van der Waals surface area contributed by atoms with Crippen LogP contribution in [0.1, 0.15) is 33.6 Å². The maximum absolute atomic E-state index is 11.1. The van der Waals surface area contributed by atoms with Crippen LogP contribution in [0.15, 0.2) is 0 Å². The van der Waals surface area contributed by atoms with E-state index in [0.717, 1.165) is 0 Å². The van der Waals surface area contributed by atoms with Gasteiger partial charge in [0.05, 0.1) is 12.8 Å². The van der Waals surface area contributed by atoms with Crippen molar-refractivity contribution in [3.05, 3.63) is 0 Å². The smallest absolute Gasteiger partial charge is 0.307 e. The van der Waals surface area contributed by atoms with Crippen molar-refractivity contribution in [2.75, 3.05) is 0 Å². The van der Waals surface area contributed by atoms with E-state index < -0.39 is 12.1 Å². The van der Waals surface area contributed by atoms with E-state index in [4.69, 9.17) is 9.84 Å². The maximum Gasteiger partial charge on any atom is 0.307 e. The van der Waals surface area contributed by atoms with Gasteiger partial charge < -0.3 is 9.84 Å². The number of carboxylic acids is 1. The number of ether oxygens (including phenoxy) is 1. The van der Waals surface area contributed by atoms with E-state index >= 15 is 0 Å². The molecule has 2 atom stereocenters. The summed E-state index contributed by atoms with van der Waals surface area (Å²) in [5.74, 6) is -1.19. The van der Waals surface area contributed by atoms with E-state index in [1.807, 2.05) is 20.8 Å². The van der Waals surface area contributed by atoms with Crippen LogP contribution in [0.3, 0.4) is 0 Å². The molecule has 4 heteroatoms. The molecule has 1 heterocycles. The van der Waals surface area contributed by atoms with Crippen molar-refractivity contribution in [1.82, 2.24) is 0 Å². The highest BCUT2D eigenvalue weighted by atomic mass is 16.6. The lowest BCUT2D eigenvalue weighted by Gasteiger charge is -2.28. The van der Waals surface area contributed by atoms with Gasteiger partial charge in [-0.15, -0.1) is 0 Å². The second-order valence-electron chi connectivity index (χ2n) is 4.80. The Kier molecular flexibility index (Phi) is 2.83. The van der Waals surface area contributed by atoms with Gasteiger partial charge in [0, 0.05) is 5.92 Å². The molecular formula is C10H16O4. The standard InChI is InChI=1S/C10H16O4/c1-10(2,3)6-4-9(13)14-7(6)5-8(11)12/h6-7H,4-5H2,1-3H3,(H,11,12)/t6-,7?/m0/s1. The van der Waals surface area contributed by atoms with E-state index in [-0.39, 0.29) is 23.7 Å². The fourth-order valence-corrected chi connectivity index (χ4v) is 1.83. The van der Waals surface area contributed by atoms with Gasteiger partial charge in [-0.05, 0) is 5.41 Å². The summed E-state index contributed by atoms with van der Waals surface area (Å²) in [7, 11) is 0. The van der Waals surface area contributed by atoms with Crippen LogP contribution >= 0.6 is 0 Å². The zero-order valence-corrected chi connectivity index (χ0v) is 8.74. The summed E-state index contributed by atoms with van der Waals surface area (Å²) in [6, 6.07) is 0. The third-order valence-corrected chi connectivity index (χ3v) is 2.61. The molecule has 1 fully saturated rings. The SMILES string of the molecule is CC(C)(C)[C@H]1CC(=O)OC1CC(=O)O. The first-order valence-corrected chi connectivity index (χ1v) is 4.72. The lowest BCUT2D eigenvalue weighted by molar-refractivity contribution is -0.146. The highest BCUT2D eigenvalue weighted by Gasteiger charge is 2.42. The minimum absolute atomic E-state index is 0.00565. The number of carbonyl (C=O) groups is 2. The van der Waals surface area contributed by atoms with Crippen LogP contribution in [0, 0.1) is 11.3 Å². The summed E-state index contributed by atoms with van der Waals surface area (Å²) in [5, 5.41) is 8.65. The van der Waals surface area contributed by atoms with Crippen molar-refractivity contribution >= 4 is 11.9 Å². The molecule has 0 spiro atoms. The Hall–Kier alpha value is -1.06. The molecular weight excluding hydrogens is 184 g/mol. The number of carbonyl (C=O) groups excluding carboxylic acids is 1. The maximum atomic E-state index is 11.1. The van der Waals surface area contributed by atoms with Gasteiger partial charge in [0.1, 0.15) is 6.10 Å². The molecule has 80 valence electrons. The number of carboxylic acid groups (broad SMARTS) is 1. The average Bonchev–Trinajstić information content (AvgIpc) is 2.28. The van der Waals surface area contributed by atoms with Crippen LogP contribution in [0.5, 0.6) is 0 Å². The first kappa shape index (κ1) is 11.0. The van der Waals surface area contributed by atoms with Crippen molar-refractivity contribution < 1.29 is 19.4 Å². The van der Waals surface area contributed by atoms with E-state index in [1.165, 1.54) is 0 Å². The Morgan fingerprint density at radius 2 is 2.14 bits per heavy atom. The topological polar surface area (TPSA) is 63.6 Å². The third-order valence-electron chi connectivity index (χ3n) is 2.61. The molecule has 0 aromatic carbocycles. The summed E-state index contributed by atoms with van der Waals surface area (Å²) < 4.78 is 4.99. The predicted octanol–water partition coefficient (Wildman–Crippen LogP) is 1.44. The first-order valence-electron chi connectivity index (χ1n) is 4.72. The molecule has 0 saturated carbocycles. The van der Waals surface area contributed by atoms with Crippen LogP contribution in [-0.2, 0) is 14.3 Å². The number of cyclic esters (lactones) is 1. The lowest BCUT2D eigenvalue weighted by atomic mass is 9.76. The number of aliphatic carboxylic acids is 1. The van der Waals surface area contributed by atoms with Crippen molar-refractivity contribution in [3.63, 3.8) is 0 Å². The second-order valence-corrected chi connectivity index (χ2v) is 4.80. The van der Waals surface area contributed by atoms with Crippen molar-refractivity contribution in [2.24, 2.45) is 11.3 Å². The van der Waals surface area contributed by atoms with Crippen LogP contribution in [-0.4, -0.2) is 23.1 Å². The predicted molar refractivity (Wildman–Crippen MR) is 49.7 cm³/mol. The van der Waals surface area contributed by atoms with Crippen LogP contribution in [0.25, 0.3) is 0 Å². The molecule has 0 radical (unpaired) electrons. The third kappa shape index (κ3) is 2.47. The largest absolute Gasteiger partial charge is 0.481 e. The quantitative estimate of drug-likeness (QED) is 0.685. The van der Waals surface area contributed by atoms with E-state index in [9.17, 15) is 9.59 Å². The number of rotatable bonds is 2. The summed E-state index contributed by atoms with van der Waals surface area (Å²) in [6.07, 6.45) is -0.213. The molecule has 0 amide bonds. The van der Waals surface area contributed by atoms with E-state index in [2.05, 4.69) is 0 Å². The molecule has 1 aliphatic rings. The van der Waals surface area contributed by atoms with Crippen LogP contribution < -0.4 is 0 Å². The molecule has 14 heavy (non-hydrogen) atoms. The molecule has 1 rings (SSSR count). The lowest BCUT2D eigenvalue weighted by Crippen LogP contribution is -2.30. The molecule has 1 N–H and O–H groups in total. The summed E-state index contributed by atoms with van der Waals surface area (Å²) in [6.45, 7) is 5.98. The van der Waals surface area contributed by atoms with Crippen LogP contribution in [0.4, 0.5) is 0 Å². The zero-order chi connectivity index (χ0) is 10.9. The molecule has 0 aromatic rings. The Labute approximate surface area is 83.2 Å². The second kappa shape index (κ2) is 3.59. The molecule has 4 nitrogen and oxygen atoms in total. The van der Waals surface area contributed by atoms with Gasteiger partial charge in [0.2, 0.25) is 0 Å². The zero-order valence-electron chi connectivity index (χ0n) is 8.74. The van der Waals surface area contributed by atoms with Gasteiger partial charge in [-0.25, -0.2) is 0 Å². The summed E-state index contributed by atoms with van der Waals surface area (Å²) >= 11 is 0. The highest BCUT2D eigenvalue weighted by molar-refractivity contribution is 5.74. The van der Waals surface area contributed by atoms with Crippen molar-refractivity contribution in [2.45, 2.75) is 39.7 Å². The Bertz CT molecular complexity index is 251. The first-order chi connectivity index (χ1) is 6.30. The highest BCUT2D eigenvalue weighted by Crippen LogP contribution is 2.38. The van der Waals surface area contributed by atoms with Gasteiger partial charge in [0.15, 0.2) is 0 Å². The van der Waals surface area contributed by atoms with Gasteiger partial charge >= 0.3 is 11.9 Å². The van der Waals surface area contributed by atoms with Gasteiger partial charge in [-0.3, -0.25) is 9.59 Å². The Balaban J connectivity index is 2.73. The fourth-order valence-electron chi connectivity index (χ4n) is 1.83. The molecule has 1 unspecified atom stereocenters. The normalized spacial score (nSPS) is 27.5. The van der Waals surface area contributed by atoms with Crippen molar-refractivity contribution in [1.29, 1.82) is 0 Å². The average molecular weight is 200 g/mol. The van der Waals surface area contributed by atoms with Gasteiger partial charge in [-0.1, -0.05) is 20.8 Å². The van der Waals surface area contributed by atoms with E-state index in [1.54, 1.807) is 0 Å². The molecule has 0 aromatic heterocycles. The van der Waals surface area contributed by atoms with E-state index in [0.29, 0.717) is 6.42 Å².